The van der Waals surface area contributed by atoms with Crippen LogP contribution in [0.4, 0.5) is 10.5 Å². The van der Waals surface area contributed by atoms with E-state index in [1.54, 1.807) is 0 Å². The molecule has 4 aromatic rings. The van der Waals surface area contributed by atoms with Crippen molar-refractivity contribution in [1.29, 1.82) is 0 Å². The summed E-state index contributed by atoms with van der Waals surface area (Å²) >= 11 is 25.1. The number of rotatable bonds is 10. The number of barbiturate groups is 1. The number of halogens is 4. The summed E-state index contributed by atoms with van der Waals surface area (Å²) in [7, 11) is 0. The van der Waals surface area contributed by atoms with Crippen LogP contribution in [0.2, 0.25) is 20.1 Å². The Kier molecular flexibility index (Phi) is 10.2. The van der Waals surface area contributed by atoms with Gasteiger partial charge in [0.2, 0.25) is 0 Å². The highest BCUT2D eigenvalue weighted by molar-refractivity contribution is 6.43. The van der Waals surface area contributed by atoms with E-state index >= 15 is 0 Å². The number of imide groups is 2. The standard InChI is InChI=1S/C33H24Cl4N2O6/c1-2-43-29-15-20(8-11-28(29)44-17-19-6-4-3-5-7-19)18-45-30-26(36)13-21(14-27(30)37)12-23-31(40)38-33(42)39(32(23)41)22-9-10-24(34)25(35)16-22/h3-16H,2,17-18H2,1H3,(H,38,40,42)/b23-12-. The van der Waals surface area contributed by atoms with Crippen LogP contribution in [0.5, 0.6) is 17.2 Å². The van der Waals surface area contributed by atoms with Crippen molar-refractivity contribution >= 4 is 76.0 Å². The number of anilines is 1. The van der Waals surface area contributed by atoms with Crippen molar-refractivity contribution in [3.8, 4) is 17.2 Å². The molecule has 1 saturated heterocycles. The Hall–Kier alpha value is -4.21. The number of benzene rings is 4. The van der Waals surface area contributed by atoms with Crippen molar-refractivity contribution in [3.05, 3.63) is 121 Å². The number of carbonyl (C=O) groups excluding carboxylic acids is 3. The van der Waals surface area contributed by atoms with Gasteiger partial charge in [0, 0.05) is 0 Å². The summed E-state index contributed by atoms with van der Waals surface area (Å²) in [6, 6.07) is 21.5. The molecule has 4 amide bonds. The smallest absolute Gasteiger partial charge is 0.335 e. The van der Waals surface area contributed by atoms with Crippen molar-refractivity contribution in [2.45, 2.75) is 20.1 Å². The first-order valence-corrected chi connectivity index (χ1v) is 15.1. The summed E-state index contributed by atoms with van der Waals surface area (Å²) in [5.41, 5.74) is 1.95. The van der Waals surface area contributed by atoms with Gasteiger partial charge in [-0.1, -0.05) is 82.8 Å². The van der Waals surface area contributed by atoms with Crippen LogP contribution in [0.3, 0.4) is 0 Å². The number of nitrogens with zero attached hydrogens (tertiary/aromatic N) is 1. The van der Waals surface area contributed by atoms with E-state index in [1.807, 2.05) is 55.5 Å². The van der Waals surface area contributed by atoms with Gasteiger partial charge < -0.3 is 14.2 Å². The topological polar surface area (TPSA) is 94.2 Å². The zero-order valence-corrected chi connectivity index (χ0v) is 26.6. The Balaban J connectivity index is 1.32. The number of amides is 4. The molecule has 1 fully saturated rings. The fourth-order valence-electron chi connectivity index (χ4n) is 4.40. The predicted molar refractivity (Wildman–Crippen MR) is 175 cm³/mol. The van der Waals surface area contributed by atoms with Crippen LogP contribution in [-0.2, 0) is 22.8 Å². The molecule has 4 aromatic carbocycles. The maximum atomic E-state index is 13.2. The molecule has 0 aliphatic carbocycles. The summed E-state index contributed by atoms with van der Waals surface area (Å²) in [6.45, 7) is 2.83. The summed E-state index contributed by atoms with van der Waals surface area (Å²) in [5.74, 6) is -0.378. The molecule has 5 rings (SSSR count). The largest absolute Gasteiger partial charge is 0.490 e. The van der Waals surface area contributed by atoms with Gasteiger partial charge in [0.1, 0.15) is 18.8 Å². The highest BCUT2D eigenvalue weighted by Gasteiger charge is 2.37. The number of hydrogen-bond donors (Lipinski definition) is 1. The summed E-state index contributed by atoms with van der Waals surface area (Å²) in [6.07, 6.45) is 1.28. The van der Waals surface area contributed by atoms with Gasteiger partial charge in [-0.05, 0) is 72.2 Å². The molecule has 1 N–H and O–H groups in total. The molecule has 0 spiro atoms. The van der Waals surface area contributed by atoms with Gasteiger partial charge in [-0.2, -0.15) is 0 Å². The maximum Gasteiger partial charge on any atom is 0.335 e. The Labute approximate surface area is 279 Å². The van der Waals surface area contributed by atoms with Crippen molar-refractivity contribution < 1.29 is 28.6 Å². The average molecular weight is 686 g/mol. The molecule has 0 saturated carbocycles. The minimum atomic E-state index is -0.927. The fraction of sp³-hybridized carbons (Fsp3) is 0.121. The minimum Gasteiger partial charge on any atom is -0.490 e. The van der Waals surface area contributed by atoms with E-state index in [2.05, 4.69) is 5.32 Å². The highest BCUT2D eigenvalue weighted by atomic mass is 35.5. The van der Waals surface area contributed by atoms with E-state index < -0.39 is 17.8 Å². The van der Waals surface area contributed by atoms with E-state index in [0.29, 0.717) is 30.3 Å². The van der Waals surface area contributed by atoms with Crippen LogP contribution >= 0.6 is 46.4 Å². The normalized spacial score (nSPS) is 14.0. The van der Waals surface area contributed by atoms with Gasteiger partial charge in [0.15, 0.2) is 17.2 Å². The van der Waals surface area contributed by atoms with Crippen molar-refractivity contribution in [1.82, 2.24) is 5.32 Å². The Morgan fingerprint density at radius 3 is 2.11 bits per heavy atom. The molecule has 0 radical (unpaired) electrons. The lowest BCUT2D eigenvalue weighted by atomic mass is 10.1. The lowest BCUT2D eigenvalue weighted by Crippen LogP contribution is -2.54. The van der Waals surface area contributed by atoms with Crippen LogP contribution in [0.1, 0.15) is 23.6 Å². The highest BCUT2D eigenvalue weighted by Crippen LogP contribution is 2.37. The molecule has 12 heteroatoms. The van der Waals surface area contributed by atoms with E-state index in [4.69, 9.17) is 60.6 Å². The monoisotopic (exact) mass is 684 g/mol. The number of hydrogen-bond acceptors (Lipinski definition) is 6. The summed E-state index contributed by atoms with van der Waals surface area (Å²) < 4.78 is 17.7. The van der Waals surface area contributed by atoms with Crippen LogP contribution < -0.4 is 24.4 Å². The van der Waals surface area contributed by atoms with E-state index in [-0.39, 0.29) is 43.7 Å². The molecular formula is C33H24Cl4N2O6. The van der Waals surface area contributed by atoms with E-state index in [9.17, 15) is 14.4 Å². The van der Waals surface area contributed by atoms with Gasteiger partial charge in [-0.25, -0.2) is 9.69 Å². The molecule has 1 aliphatic rings. The zero-order valence-electron chi connectivity index (χ0n) is 23.6. The Morgan fingerprint density at radius 2 is 1.42 bits per heavy atom. The van der Waals surface area contributed by atoms with Gasteiger partial charge >= 0.3 is 6.03 Å². The molecule has 1 aliphatic heterocycles. The number of nitrogens with one attached hydrogen (secondary N) is 1. The third-order valence-corrected chi connectivity index (χ3v) is 7.82. The van der Waals surface area contributed by atoms with Crippen LogP contribution in [0.15, 0.2) is 84.4 Å². The fourth-order valence-corrected chi connectivity index (χ4v) is 5.31. The molecule has 0 aromatic heterocycles. The zero-order chi connectivity index (χ0) is 32.1. The molecular weight excluding hydrogens is 662 g/mol. The third kappa shape index (κ3) is 7.54. The van der Waals surface area contributed by atoms with E-state index in [0.717, 1.165) is 16.0 Å². The van der Waals surface area contributed by atoms with Crippen LogP contribution in [-0.4, -0.2) is 24.5 Å². The lowest BCUT2D eigenvalue weighted by Gasteiger charge is -2.26. The van der Waals surface area contributed by atoms with Gasteiger partial charge in [0.25, 0.3) is 11.8 Å². The molecule has 0 bridgehead atoms. The van der Waals surface area contributed by atoms with Gasteiger partial charge in [-0.3, -0.25) is 14.9 Å². The first-order chi connectivity index (χ1) is 21.6. The second kappa shape index (κ2) is 14.3. The molecule has 0 atom stereocenters. The first kappa shape index (κ1) is 32.2. The van der Waals surface area contributed by atoms with Gasteiger partial charge in [-0.15, -0.1) is 0 Å². The maximum absolute atomic E-state index is 13.2. The number of urea groups is 1. The van der Waals surface area contributed by atoms with Crippen molar-refractivity contribution in [2.75, 3.05) is 11.5 Å². The molecule has 8 nitrogen and oxygen atoms in total. The summed E-state index contributed by atoms with van der Waals surface area (Å²) in [5, 5.41) is 2.80. The lowest BCUT2D eigenvalue weighted by molar-refractivity contribution is -0.122. The average Bonchev–Trinajstić information content (AvgIpc) is 3.01. The van der Waals surface area contributed by atoms with Crippen LogP contribution in [0, 0.1) is 0 Å². The minimum absolute atomic E-state index is 0.112. The molecule has 1 heterocycles. The second-order valence-electron chi connectivity index (χ2n) is 9.65. The number of ether oxygens (including phenoxy) is 3. The third-order valence-electron chi connectivity index (χ3n) is 6.52. The Morgan fingerprint density at radius 1 is 0.711 bits per heavy atom. The molecule has 230 valence electrons. The quantitative estimate of drug-likeness (QED) is 0.133. The molecule has 0 unspecified atom stereocenters. The van der Waals surface area contributed by atoms with Gasteiger partial charge in [0.05, 0.1) is 32.4 Å². The number of carbonyl (C=O) groups is 3. The SMILES string of the molecule is CCOc1cc(COc2c(Cl)cc(/C=C3/C(=O)NC(=O)N(c4ccc(Cl)c(Cl)c4)C3=O)cc2Cl)ccc1OCc1ccccc1. The molecule has 45 heavy (non-hydrogen) atoms. The Bertz CT molecular complexity index is 1790. The van der Waals surface area contributed by atoms with Crippen molar-refractivity contribution in [2.24, 2.45) is 0 Å². The second-order valence-corrected chi connectivity index (χ2v) is 11.3. The van der Waals surface area contributed by atoms with Crippen molar-refractivity contribution in [3.63, 3.8) is 0 Å². The van der Waals surface area contributed by atoms with Crippen LogP contribution in [0.25, 0.3) is 6.08 Å². The predicted octanol–water partition coefficient (Wildman–Crippen LogP) is 8.52. The first-order valence-electron chi connectivity index (χ1n) is 13.6. The van der Waals surface area contributed by atoms with E-state index in [1.165, 1.54) is 36.4 Å². The summed E-state index contributed by atoms with van der Waals surface area (Å²) in [4.78, 5) is 39.2.